The van der Waals surface area contributed by atoms with E-state index in [1.807, 2.05) is 13.8 Å². The van der Waals surface area contributed by atoms with Crippen LogP contribution in [0.15, 0.2) is 18.2 Å². The minimum Gasteiger partial charge on any atom is -0.398 e. The van der Waals surface area contributed by atoms with Crippen LogP contribution in [-0.2, 0) is 0 Å². The van der Waals surface area contributed by atoms with E-state index in [0.29, 0.717) is 16.3 Å². The van der Waals surface area contributed by atoms with Crippen molar-refractivity contribution >= 4 is 23.2 Å². The van der Waals surface area contributed by atoms with Crippen molar-refractivity contribution in [1.82, 2.24) is 5.32 Å². The van der Waals surface area contributed by atoms with Crippen LogP contribution in [0.1, 0.15) is 24.2 Å². The molecule has 0 fully saturated rings. The molecule has 0 aliphatic heterocycles. The lowest BCUT2D eigenvalue weighted by Crippen LogP contribution is -2.30. The molecule has 0 aliphatic carbocycles. The van der Waals surface area contributed by atoms with Crippen molar-refractivity contribution in [2.45, 2.75) is 19.9 Å². The van der Waals surface area contributed by atoms with Gasteiger partial charge in [0, 0.05) is 11.6 Å². The fourth-order valence-corrected chi connectivity index (χ4v) is 1.15. The molecule has 4 heteroatoms. The predicted molar refractivity (Wildman–Crippen MR) is 58.5 cm³/mol. The SMILES string of the molecule is CC(C)NC(=O)c1ccc(Cl)c(N)c1. The van der Waals surface area contributed by atoms with Gasteiger partial charge in [-0.3, -0.25) is 4.79 Å². The minimum absolute atomic E-state index is 0.111. The van der Waals surface area contributed by atoms with Gasteiger partial charge in [0.1, 0.15) is 0 Å². The Morgan fingerprint density at radius 2 is 2.14 bits per heavy atom. The van der Waals surface area contributed by atoms with Gasteiger partial charge >= 0.3 is 0 Å². The van der Waals surface area contributed by atoms with E-state index in [1.165, 1.54) is 0 Å². The van der Waals surface area contributed by atoms with E-state index in [0.717, 1.165) is 0 Å². The zero-order valence-electron chi connectivity index (χ0n) is 8.17. The summed E-state index contributed by atoms with van der Waals surface area (Å²) in [6, 6.07) is 4.95. The van der Waals surface area contributed by atoms with Gasteiger partial charge in [-0.05, 0) is 32.0 Å². The molecule has 0 aromatic heterocycles. The summed E-state index contributed by atoms with van der Waals surface area (Å²) >= 11 is 5.73. The third kappa shape index (κ3) is 2.64. The van der Waals surface area contributed by atoms with Crippen molar-refractivity contribution in [3.63, 3.8) is 0 Å². The lowest BCUT2D eigenvalue weighted by molar-refractivity contribution is 0.0943. The molecule has 3 N–H and O–H groups in total. The van der Waals surface area contributed by atoms with Crippen molar-refractivity contribution < 1.29 is 4.79 Å². The number of nitrogen functional groups attached to an aromatic ring is 1. The normalized spacial score (nSPS) is 10.3. The Kier molecular flexibility index (Phi) is 3.36. The summed E-state index contributed by atoms with van der Waals surface area (Å²) in [4.78, 5) is 11.5. The van der Waals surface area contributed by atoms with Gasteiger partial charge in [0.05, 0.1) is 10.7 Å². The number of nitrogens with two attached hydrogens (primary N) is 1. The molecular formula is C10H13ClN2O. The van der Waals surface area contributed by atoms with Crippen LogP contribution >= 0.6 is 11.6 Å². The molecule has 14 heavy (non-hydrogen) atoms. The molecule has 3 nitrogen and oxygen atoms in total. The lowest BCUT2D eigenvalue weighted by atomic mass is 10.2. The van der Waals surface area contributed by atoms with Gasteiger partial charge in [-0.2, -0.15) is 0 Å². The summed E-state index contributed by atoms with van der Waals surface area (Å²) in [5.41, 5.74) is 6.53. The maximum Gasteiger partial charge on any atom is 0.251 e. The van der Waals surface area contributed by atoms with E-state index in [9.17, 15) is 4.79 Å². The standard InChI is InChI=1S/C10H13ClN2O/c1-6(2)13-10(14)7-3-4-8(11)9(12)5-7/h3-6H,12H2,1-2H3,(H,13,14). The molecule has 1 rings (SSSR count). The predicted octanol–water partition coefficient (Wildman–Crippen LogP) is 2.06. The Bertz CT molecular complexity index is 350. The van der Waals surface area contributed by atoms with Gasteiger partial charge in [-0.25, -0.2) is 0 Å². The molecule has 76 valence electrons. The van der Waals surface area contributed by atoms with E-state index in [1.54, 1.807) is 18.2 Å². The number of rotatable bonds is 2. The Morgan fingerprint density at radius 1 is 1.50 bits per heavy atom. The van der Waals surface area contributed by atoms with Crippen LogP contribution in [0.5, 0.6) is 0 Å². The summed E-state index contributed by atoms with van der Waals surface area (Å²) in [6.45, 7) is 3.80. The molecule has 1 aromatic carbocycles. The number of amides is 1. The topological polar surface area (TPSA) is 55.1 Å². The summed E-state index contributed by atoms with van der Waals surface area (Å²) in [6.07, 6.45) is 0. The van der Waals surface area contributed by atoms with Crippen LogP contribution in [-0.4, -0.2) is 11.9 Å². The molecule has 0 heterocycles. The Hall–Kier alpha value is -1.22. The summed E-state index contributed by atoms with van der Waals surface area (Å²) in [5, 5.41) is 3.23. The summed E-state index contributed by atoms with van der Waals surface area (Å²) in [7, 11) is 0. The first-order chi connectivity index (χ1) is 6.50. The highest BCUT2D eigenvalue weighted by molar-refractivity contribution is 6.33. The number of hydrogen-bond donors (Lipinski definition) is 2. The van der Waals surface area contributed by atoms with Gasteiger partial charge in [0.2, 0.25) is 0 Å². The second-order valence-electron chi connectivity index (χ2n) is 3.36. The van der Waals surface area contributed by atoms with Crippen LogP contribution in [0.2, 0.25) is 5.02 Å². The first-order valence-corrected chi connectivity index (χ1v) is 4.74. The number of benzene rings is 1. The highest BCUT2D eigenvalue weighted by Gasteiger charge is 2.07. The Labute approximate surface area is 88.2 Å². The first kappa shape index (κ1) is 10.9. The number of halogens is 1. The van der Waals surface area contributed by atoms with Gasteiger partial charge < -0.3 is 11.1 Å². The third-order valence-corrected chi connectivity index (χ3v) is 2.02. The highest BCUT2D eigenvalue weighted by atomic mass is 35.5. The average molecular weight is 213 g/mol. The van der Waals surface area contributed by atoms with Crippen LogP contribution in [0.4, 0.5) is 5.69 Å². The number of carbonyl (C=O) groups excluding carboxylic acids is 1. The molecular weight excluding hydrogens is 200 g/mol. The van der Waals surface area contributed by atoms with Gasteiger partial charge in [-0.1, -0.05) is 11.6 Å². The molecule has 0 bridgehead atoms. The van der Waals surface area contributed by atoms with Crippen LogP contribution < -0.4 is 11.1 Å². The first-order valence-electron chi connectivity index (χ1n) is 4.36. The molecule has 1 aromatic rings. The second kappa shape index (κ2) is 4.33. The van der Waals surface area contributed by atoms with Crippen molar-refractivity contribution in [3.8, 4) is 0 Å². The maximum atomic E-state index is 11.5. The fourth-order valence-electron chi connectivity index (χ4n) is 1.03. The zero-order valence-corrected chi connectivity index (χ0v) is 8.93. The van der Waals surface area contributed by atoms with E-state index in [-0.39, 0.29) is 11.9 Å². The summed E-state index contributed by atoms with van der Waals surface area (Å²) < 4.78 is 0. The number of nitrogens with one attached hydrogen (secondary N) is 1. The quantitative estimate of drug-likeness (QED) is 0.738. The molecule has 0 spiro atoms. The molecule has 0 saturated heterocycles. The molecule has 0 radical (unpaired) electrons. The zero-order chi connectivity index (χ0) is 10.7. The maximum absolute atomic E-state index is 11.5. The second-order valence-corrected chi connectivity index (χ2v) is 3.77. The van der Waals surface area contributed by atoms with Gasteiger partial charge in [-0.15, -0.1) is 0 Å². The van der Waals surface area contributed by atoms with Crippen molar-refractivity contribution in [2.75, 3.05) is 5.73 Å². The molecule has 0 unspecified atom stereocenters. The lowest BCUT2D eigenvalue weighted by Gasteiger charge is -2.08. The Balaban J connectivity index is 2.86. The van der Waals surface area contributed by atoms with E-state index >= 15 is 0 Å². The average Bonchev–Trinajstić information content (AvgIpc) is 2.08. The van der Waals surface area contributed by atoms with Crippen LogP contribution in [0.3, 0.4) is 0 Å². The molecule has 0 saturated carbocycles. The van der Waals surface area contributed by atoms with Crippen molar-refractivity contribution in [1.29, 1.82) is 0 Å². The molecule has 0 aliphatic rings. The highest BCUT2D eigenvalue weighted by Crippen LogP contribution is 2.19. The minimum atomic E-state index is -0.136. The van der Waals surface area contributed by atoms with Crippen LogP contribution in [0.25, 0.3) is 0 Å². The number of anilines is 1. The third-order valence-electron chi connectivity index (χ3n) is 1.68. The van der Waals surface area contributed by atoms with E-state index < -0.39 is 0 Å². The van der Waals surface area contributed by atoms with Crippen LogP contribution in [0, 0.1) is 0 Å². The monoisotopic (exact) mass is 212 g/mol. The Morgan fingerprint density at radius 3 is 2.64 bits per heavy atom. The largest absolute Gasteiger partial charge is 0.398 e. The van der Waals surface area contributed by atoms with E-state index in [2.05, 4.69) is 5.32 Å². The van der Waals surface area contributed by atoms with Gasteiger partial charge in [0.15, 0.2) is 0 Å². The van der Waals surface area contributed by atoms with Gasteiger partial charge in [0.25, 0.3) is 5.91 Å². The summed E-state index contributed by atoms with van der Waals surface area (Å²) in [5.74, 6) is -0.136. The van der Waals surface area contributed by atoms with Crippen molar-refractivity contribution in [3.05, 3.63) is 28.8 Å². The molecule has 1 amide bonds. The van der Waals surface area contributed by atoms with Crippen molar-refractivity contribution in [2.24, 2.45) is 0 Å². The van der Waals surface area contributed by atoms with E-state index in [4.69, 9.17) is 17.3 Å². The number of hydrogen-bond acceptors (Lipinski definition) is 2. The number of carbonyl (C=O) groups is 1. The molecule has 0 atom stereocenters. The smallest absolute Gasteiger partial charge is 0.251 e. The fraction of sp³-hybridized carbons (Fsp3) is 0.300.